The summed E-state index contributed by atoms with van der Waals surface area (Å²) >= 11 is 0. The number of aryl methyl sites for hydroxylation is 1. The number of nitrogens with one attached hydrogen (secondary N) is 1. The summed E-state index contributed by atoms with van der Waals surface area (Å²) in [7, 11) is 1.94. The molecule has 0 radical (unpaired) electrons. The molecule has 2 aromatic heterocycles. The van der Waals surface area contributed by atoms with Crippen LogP contribution < -0.4 is 15.2 Å². The van der Waals surface area contributed by atoms with E-state index < -0.39 is 0 Å². The van der Waals surface area contributed by atoms with Gasteiger partial charge in [0.25, 0.3) is 0 Å². The zero-order chi connectivity index (χ0) is 23.5. The van der Waals surface area contributed by atoms with Crippen molar-refractivity contribution in [3.05, 3.63) is 47.9 Å². The number of nitrogens with zero attached hydrogens (tertiary/aromatic N) is 5. The van der Waals surface area contributed by atoms with Gasteiger partial charge in [-0.3, -0.25) is 9.99 Å². The van der Waals surface area contributed by atoms with Crippen LogP contribution in [-0.2, 0) is 0 Å². The highest BCUT2D eigenvalue weighted by Crippen LogP contribution is 2.22. The Balaban J connectivity index is 0.00000176. The van der Waals surface area contributed by atoms with Crippen molar-refractivity contribution in [3.63, 3.8) is 0 Å². The monoisotopic (exact) mass is 438 g/mol. The molecular formula is C26H42N6. The number of aromatic nitrogens is 2. The molecule has 0 aromatic carbocycles. The number of piperidine rings is 1. The van der Waals surface area contributed by atoms with E-state index in [2.05, 4.69) is 46.2 Å². The third-order valence-corrected chi connectivity index (χ3v) is 6.08. The van der Waals surface area contributed by atoms with Crippen molar-refractivity contribution in [1.82, 2.24) is 15.3 Å². The number of hydrogen-bond donors (Lipinski definition) is 1. The Labute approximate surface area is 195 Å². The lowest BCUT2D eigenvalue weighted by molar-refractivity contribution is 0.354. The summed E-state index contributed by atoms with van der Waals surface area (Å²) in [6, 6.07) is 9.49. The molecule has 1 aliphatic rings. The van der Waals surface area contributed by atoms with Crippen LogP contribution in [0.3, 0.4) is 0 Å². The molecule has 3 heterocycles. The first-order chi connectivity index (χ1) is 15.5. The summed E-state index contributed by atoms with van der Waals surface area (Å²) in [6.07, 6.45) is 8.57. The minimum absolute atomic E-state index is 0.637. The third-order valence-electron chi connectivity index (χ3n) is 6.08. The van der Waals surface area contributed by atoms with Gasteiger partial charge in [-0.2, -0.15) is 5.10 Å². The predicted molar refractivity (Wildman–Crippen MR) is 138 cm³/mol. The van der Waals surface area contributed by atoms with Gasteiger partial charge in [0.05, 0.1) is 17.6 Å². The molecule has 32 heavy (non-hydrogen) atoms. The number of pyridine rings is 2. The normalized spacial score (nSPS) is 14.9. The molecule has 176 valence electrons. The Bertz CT molecular complexity index is 820. The number of hydrogen-bond acceptors (Lipinski definition) is 6. The highest BCUT2D eigenvalue weighted by molar-refractivity contribution is 5.99. The van der Waals surface area contributed by atoms with Crippen molar-refractivity contribution in [2.24, 2.45) is 5.10 Å². The zero-order valence-corrected chi connectivity index (χ0v) is 21.1. The van der Waals surface area contributed by atoms with Gasteiger partial charge in [0, 0.05) is 49.7 Å². The van der Waals surface area contributed by atoms with Gasteiger partial charge in [-0.1, -0.05) is 27.7 Å². The third kappa shape index (κ3) is 7.02. The lowest BCUT2D eigenvalue weighted by Crippen LogP contribution is -2.46. The molecule has 0 unspecified atom stereocenters. The molecule has 3 rings (SSSR count). The molecule has 0 aliphatic carbocycles. The minimum Gasteiger partial charge on any atom is -0.370 e. The molecule has 1 N–H and O–H groups in total. The average molecular weight is 439 g/mol. The molecule has 1 aliphatic heterocycles. The quantitative estimate of drug-likeness (QED) is 0.441. The predicted octanol–water partition coefficient (Wildman–Crippen LogP) is 5.42. The topological polar surface area (TPSA) is 56.6 Å². The first kappa shape index (κ1) is 25.8. The van der Waals surface area contributed by atoms with Gasteiger partial charge in [0.2, 0.25) is 0 Å². The van der Waals surface area contributed by atoms with Crippen LogP contribution in [0.5, 0.6) is 0 Å². The van der Waals surface area contributed by atoms with Crippen molar-refractivity contribution in [2.75, 3.05) is 30.0 Å². The first-order valence-electron chi connectivity index (χ1n) is 12.2. The summed E-state index contributed by atoms with van der Waals surface area (Å²) < 4.78 is 0. The summed E-state index contributed by atoms with van der Waals surface area (Å²) in [5.41, 5.74) is 4.17. The van der Waals surface area contributed by atoms with Crippen LogP contribution in [0.25, 0.3) is 0 Å². The Morgan fingerprint density at radius 2 is 1.84 bits per heavy atom. The van der Waals surface area contributed by atoms with Crippen LogP contribution in [0.2, 0.25) is 0 Å². The lowest BCUT2D eigenvalue weighted by Gasteiger charge is -2.35. The van der Waals surface area contributed by atoms with Crippen LogP contribution in [0.1, 0.15) is 71.6 Å². The van der Waals surface area contributed by atoms with Crippen molar-refractivity contribution in [3.8, 4) is 0 Å². The van der Waals surface area contributed by atoms with E-state index in [1.54, 1.807) is 6.20 Å². The van der Waals surface area contributed by atoms with Crippen molar-refractivity contribution >= 4 is 17.2 Å². The molecule has 0 bridgehead atoms. The largest absolute Gasteiger partial charge is 0.370 e. The van der Waals surface area contributed by atoms with Crippen LogP contribution in [0, 0.1) is 6.92 Å². The first-order valence-corrected chi connectivity index (χ1v) is 12.2. The van der Waals surface area contributed by atoms with Gasteiger partial charge in [-0.25, -0.2) is 4.98 Å². The zero-order valence-electron chi connectivity index (χ0n) is 21.1. The van der Waals surface area contributed by atoms with Crippen LogP contribution in [0.15, 0.2) is 41.8 Å². The van der Waals surface area contributed by atoms with E-state index in [-0.39, 0.29) is 0 Å². The standard InChI is InChI=1S/C24H36N6.C2H6/c1-6-20(7-2)27-21-12-15-30(16-13-21)22-10-11-24(26-17-22)29(5)28-19(4)23-9-8-14-25-18(23)3;1-2/h8-11,14,17,20-21,27H,6-7,12-13,15-16H2,1-5H3;1-2H3/b28-19+;. The lowest BCUT2D eigenvalue weighted by atomic mass is 10.0. The van der Waals surface area contributed by atoms with E-state index >= 15 is 0 Å². The molecule has 0 amide bonds. The van der Waals surface area contributed by atoms with Crippen LogP contribution >= 0.6 is 0 Å². The molecule has 0 spiro atoms. The highest BCUT2D eigenvalue weighted by atomic mass is 15.5. The van der Waals surface area contributed by atoms with Crippen LogP contribution in [0.4, 0.5) is 11.5 Å². The summed E-state index contributed by atoms with van der Waals surface area (Å²) in [5.74, 6) is 0.838. The van der Waals surface area contributed by atoms with Crippen molar-refractivity contribution < 1.29 is 0 Å². The van der Waals surface area contributed by atoms with Gasteiger partial charge in [0.1, 0.15) is 5.82 Å². The second-order valence-electron chi connectivity index (χ2n) is 8.16. The van der Waals surface area contributed by atoms with E-state index in [0.717, 1.165) is 35.9 Å². The fourth-order valence-electron chi connectivity index (χ4n) is 4.12. The number of rotatable bonds is 8. The molecule has 1 saturated heterocycles. The Kier molecular flexibility index (Phi) is 10.6. The van der Waals surface area contributed by atoms with Crippen molar-refractivity contribution in [1.29, 1.82) is 0 Å². The number of anilines is 2. The van der Waals surface area contributed by atoms with Gasteiger partial charge in [-0.15, -0.1) is 0 Å². The van der Waals surface area contributed by atoms with Crippen molar-refractivity contribution in [2.45, 2.75) is 79.3 Å². The second kappa shape index (κ2) is 13.2. The molecule has 0 atom stereocenters. The van der Waals surface area contributed by atoms with E-state index in [0.29, 0.717) is 12.1 Å². The molecule has 6 nitrogen and oxygen atoms in total. The minimum atomic E-state index is 0.637. The average Bonchev–Trinajstić information content (AvgIpc) is 2.84. The maximum Gasteiger partial charge on any atom is 0.148 e. The Hall–Kier alpha value is -2.47. The maximum atomic E-state index is 4.70. The highest BCUT2D eigenvalue weighted by Gasteiger charge is 2.21. The molecular weight excluding hydrogens is 396 g/mol. The Morgan fingerprint density at radius 3 is 2.41 bits per heavy atom. The molecule has 1 fully saturated rings. The summed E-state index contributed by atoms with van der Waals surface area (Å²) in [5, 5.41) is 10.3. The van der Waals surface area contributed by atoms with Crippen LogP contribution in [-0.4, -0.2) is 47.9 Å². The van der Waals surface area contributed by atoms with E-state index in [1.165, 1.54) is 31.4 Å². The molecule has 6 heteroatoms. The van der Waals surface area contributed by atoms with Gasteiger partial charge >= 0.3 is 0 Å². The SMILES string of the molecule is CC.CCC(CC)NC1CCN(c2ccc(N(C)/N=C(\C)c3cccnc3C)nc2)CC1. The smallest absolute Gasteiger partial charge is 0.148 e. The van der Waals surface area contributed by atoms with Gasteiger partial charge in [-0.05, 0) is 63.8 Å². The molecule has 2 aromatic rings. The van der Waals surface area contributed by atoms with Gasteiger partial charge in [0.15, 0.2) is 0 Å². The van der Waals surface area contributed by atoms with E-state index in [4.69, 9.17) is 5.10 Å². The fraction of sp³-hybridized carbons (Fsp3) is 0.577. The fourth-order valence-corrected chi connectivity index (χ4v) is 4.12. The summed E-state index contributed by atoms with van der Waals surface area (Å²) in [4.78, 5) is 11.5. The molecule has 0 saturated carbocycles. The second-order valence-corrected chi connectivity index (χ2v) is 8.16. The van der Waals surface area contributed by atoms with Gasteiger partial charge < -0.3 is 10.2 Å². The van der Waals surface area contributed by atoms with E-state index in [9.17, 15) is 0 Å². The summed E-state index contributed by atoms with van der Waals surface area (Å²) in [6.45, 7) is 14.7. The van der Waals surface area contributed by atoms with E-state index in [1.807, 2.05) is 58.1 Å². The Morgan fingerprint density at radius 1 is 1.16 bits per heavy atom. The maximum absolute atomic E-state index is 4.70. The number of hydrazone groups is 1.